The maximum absolute atomic E-state index is 13.4. The average Bonchev–Trinajstić information content (AvgIpc) is 3.15. The minimum absolute atomic E-state index is 0.278. The molecule has 6 heteroatoms. The van der Waals surface area contributed by atoms with Gasteiger partial charge < -0.3 is 14.7 Å². The summed E-state index contributed by atoms with van der Waals surface area (Å²) in [7, 11) is 0. The van der Waals surface area contributed by atoms with Crippen LogP contribution in [0.2, 0.25) is 0 Å². The summed E-state index contributed by atoms with van der Waals surface area (Å²) in [5.74, 6) is 1.53. The minimum Gasteiger partial charge on any atom is -0.356 e. The van der Waals surface area contributed by atoms with Crippen molar-refractivity contribution in [1.82, 2.24) is 15.4 Å². The van der Waals surface area contributed by atoms with Crippen LogP contribution in [0.25, 0.3) is 11.0 Å². The Morgan fingerprint density at radius 1 is 1.10 bits per heavy atom. The summed E-state index contributed by atoms with van der Waals surface area (Å²) in [6.45, 7) is 3.35. The van der Waals surface area contributed by atoms with E-state index in [0.29, 0.717) is 29.4 Å². The first kappa shape index (κ1) is 20.9. The molecule has 31 heavy (non-hydrogen) atoms. The summed E-state index contributed by atoms with van der Waals surface area (Å²) in [4.78, 5) is 14.7. The molecule has 0 atom stereocenters. The van der Waals surface area contributed by atoms with Gasteiger partial charge in [0.05, 0.1) is 5.69 Å². The van der Waals surface area contributed by atoms with Gasteiger partial charge in [-0.25, -0.2) is 4.39 Å². The van der Waals surface area contributed by atoms with Crippen LogP contribution in [0.3, 0.4) is 0 Å². The normalized spacial score (nSPS) is 26.1. The van der Waals surface area contributed by atoms with Crippen molar-refractivity contribution in [1.29, 1.82) is 0 Å². The number of halogens is 1. The van der Waals surface area contributed by atoms with E-state index in [4.69, 9.17) is 4.52 Å². The number of hydrogen-bond acceptors (Lipinski definition) is 4. The Hall–Kier alpha value is -1.95. The van der Waals surface area contributed by atoms with Gasteiger partial charge in [-0.1, -0.05) is 11.6 Å². The Kier molecular flexibility index (Phi) is 6.26. The van der Waals surface area contributed by atoms with Gasteiger partial charge in [0.25, 0.3) is 0 Å². The SMILES string of the molecule is O=C(NC1CCC(CCN2CCC(c3noc4cc(F)ccc34)CC2)CC1)C1CCC1. The second-order valence-electron chi connectivity index (χ2n) is 9.97. The number of piperidine rings is 1. The third-order valence-electron chi connectivity index (χ3n) is 7.96. The molecule has 2 heterocycles. The molecule has 168 valence electrons. The molecule has 2 aromatic rings. The van der Waals surface area contributed by atoms with Crippen molar-refractivity contribution in [3.05, 3.63) is 29.7 Å². The fraction of sp³-hybridized carbons (Fsp3) is 0.680. The Labute approximate surface area is 183 Å². The number of likely N-dealkylation sites (tertiary alicyclic amines) is 1. The number of rotatable bonds is 6. The Morgan fingerprint density at radius 2 is 1.87 bits per heavy atom. The van der Waals surface area contributed by atoms with E-state index >= 15 is 0 Å². The van der Waals surface area contributed by atoms with Crippen LogP contribution >= 0.6 is 0 Å². The molecule has 3 aliphatic rings. The number of aromatic nitrogens is 1. The largest absolute Gasteiger partial charge is 0.356 e. The van der Waals surface area contributed by atoms with Crippen LogP contribution in [0.4, 0.5) is 4.39 Å². The number of hydrogen-bond donors (Lipinski definition) is 1. The maximum Gasteiger partial charge on any atom is 0.223 e. The smallest absolute Gasteiger partial charge is 0.223 e. The molecule has 2 aliphatic carbocycles. The molecule has 1 saturated heterocycles. The molecule has 1 aromatic carbocycles. The molecule has 0 spiro atoms. The Balaban J connectivity index is 1.03. The molecule has 0 radical (unpaired) electrons. The fourth-order valence-electron chi connectivity index (χ4n) is 5.61. The van der Waals surface area contributed by atoms with Gasteiger partial charge in [-0.2, -0.15) is 0 Å². The maximum atomic E-state index is 13.4. The van der Waals surface area contributed by atoms with E-state index in [9.17, 15) is 9.18 Å². The monoisotopic (exact) mass is 427 g/mol. The van der Waals surface area contributed by atoms with Gasteiger partial charge in [0.15, 0.2) is 5.58 Å². The van der Waals surface area contributed by atoms with Crippen molar-refractivity contribution in [2.75, 3.05) is 19.6 Å². The van der Waals surface area contributed by atoms with Crippen LogP contribution in [0, 0.1) is 17.7 Å². The van der Waals surface area contributed by atoms with Crippen LogP contribution < -0.4 is 5.32 Å². The van der Waals surface area contributed by atoms with E-state index in [2.05, 4.69) is 15.4 Å². The zero-order chi connectivity index (χ0) is 21.2. The molecule has 5 nitrogen and oxygen atoms in total. The van der Waals surface area contributed by atoms with E-state index < -0.39 is 0 Å². The molecule has 0 bridgehead atoms. The summed E-state index contributed by atoms with van der Waals surface area (Å²) in [5, 5.41) is 8.52. The van der Waals surface area contributed by atoms with Gasteiger partial charge in [-0.05, 0) is 95.5 Å². The Morgan fingerprint density at radius 3 is 2.58 bits per heavy atom. The summed E-state index contributed by atoms with van der Waals surface area (Å²) in [5.41, 5.74) is 1.55. The predicted molar refractivity (Wildman–Crippen MR) is 118 cm³/mol. The van der Waals surface area contributed by atoms with E-state index in [0.717, 1.165) is 68.6 Å². The van der Waals surface area contributed by atoms with Crippen molar-refractivity contribution >= 4 is 16.9 Å². The van der Waals surface area contributed by atoms with Crippen LogP contribution in [0.1, 0.15) is 75.8 Å². The highest BCUT2D eigenvalue weighted by Crippen LogP contribution is 2.34. The molecular formula is C25H34FN3O2. The molecule has 3 fully saturated rings. The zero-order valence-electron chi connectivity index (χ0n) is 18.3. The highest BCUT2D eigenvalue weighted by Gasteiger charge is 2.29. The van der Waals surface area contributed by atoms with Crippen molar-refractivity contribution in [2.24, 2.45) is 11.8 Å². The lowest BCUT2D eigenvalue weighted by Crippen LogP contribution is -2.43. The predicted octanol–water partition coefficient (Wildman–Crippen LogP) is 5.01. The molecule has 1 aliphatic heterocycles. The molecule has 2 saturated carbocycles. The molecule has 1 N–H and O–H groups in total. The number of carbonyl (C=O) groups excluding carboxylic acids is 1. The van der Waals surface area contributed by atoms with Crippen LogP contribution in [0.15, 0.2) is 22.7 Å². The van der Waals surface area contributed by atoms with Crippen molar-refractivity contribution in [2.45, 2.75) is 76.2 Å². The van der Waals surface area contributed by atoms with Gasteiger partial charge in [0, 0.05) is 29.3 Å². The lowest BCUT2D eigenvalue weighted by molar-refractivity contribution is -0.128. The first-order chi connectivity index (χ1) is 15.2. The number of fused-ring (bicyclic) bond motifs is 1. The number of carbonyl (C=O) groups is 1. The lowest BCUT2D eigenvalue weighted by Gasteiger charge is -2.34. The summed E-state index contributed by atoms with van der Waals surface area (Å²) >= 11 is 0. The second kappa shape index (κ2) is 9.27. The van der Waals surface area contributed by atoms with Crippen molar-refractivity contribution < 1.29 is 13.7 Å². The van der Waals surface area contributed by atoms with Crippen LogP contribution in [-0.2, 0) is 4.79 Å². The molecule has 1 amide bonds. The van der Waals surface area contributed by atoms with Crippen LogP contribution in [0.5, 0.6) is 0 Å². The quantitative estimate of drug-likeness (QED) is 0.704. The van der Waals surface area contributed by atoms with Gasteiger partial charge in [0.2, 0.25) is 5.91 Å². The van der Waals surface area contributed by atoms with Crippen molar-refractivity contribution in [3.63, 3.8) is 0 Å². The summed E-state index contributed by atoms with van der Waals surface area (Å²) in [6, 6.07) is 5.12. The highest BCUT2D eigenvalue weighted by atomic mass is 19.1. The molecular weight excluding hydrogens is 393 g/mol. The third kappa shape index (κ3) is 4.79. The minimum atomic E-state index is -0.278. The summed E-state index contributed by atoms with van der Waals surface area (Å²) < 4.78 is 18.8. The van der Waals surface area contributed by atoms with E-state index in [1.807, 2.05) is 0 Å². The number of nitrogens with zero attached hydrogens (tertiary/aromatic N) is 2. The van der Waals surface area contributed by atoms with Crippen molar-refractivity contribution in [3.8, 4) is 0 Å². The first-order valence-electron chi connectivity index (χ1n) is 12.2. The van der Waals surface area contributed by atoms with Gasteiger partial charge in [-0.3, -0.25) is 4.79 Å². The third-order valence-corrected chi connectivity index (χ3v) is 7.96. The number of nitrogens with one attached hydrogen (secondary N) is 1. The lowest BCUT2D eigenvalue weighted by atomic mass is 9.82. The molecule has 0 unspecified atom stereocenters. The standard InChI is InChI=1S/C25H34FN3O2/c26-20-6-9-22-23(16-20)31-28-24(22)18-11-14-29(15-12-18)13-10-17-4-7-21(8-5-17)27-25(30)19-2-1-3-19/h6,9,16-19,21H,1-5,7-8,10-15H2,(H,27,30). The van der Waals surface area contributed by atoms with E-state index in [1.54, 1.807) is 6.07 Å². The Bertz CT molecular complexity index is 893. The van der Waals surface area contributed by atoms with E-state index in [-0.39, 0.29) is 5.82 Å². The zero-order valence-corrected chi connectivity index (χ0v) is 18.3. The highest BCUT2D eigenvalue weighted by molar-refractivity contribution is 5.80. The summed E-state index contributed by atoms with van der Waals surface area (Å²) in [6.07, 6.45) is 11.6. The first-order valence-corrected chi connectivity index (χ1v) is 12.2. The van der Waals surface area contributed by atoms with Gasteiger partial charge >= 0.3 is 0 Å². The second-order valence-corrected chi connectivity index (χ2v) is 9.97. The number of amides is 1. The molecule has 1 aromatic heterocycles. The van der Waals surface area contributed by atoms with Crippen LogP contribution in [-0.4, -0.2) is 41.6 Å². The average molecular weight is 428 g/mol. The topological polar surface area (TPSA) is 58.4 Å². The van der Waals surface area contributed by atoms with Gasteiger partial charge in [-0.15, -0.1) is 0 Å². The molecule has 5 rings (SSSR count). The van der Waals surface area contributed by atoms with Gasteiger partial charge in [0.1, 0.15) is 5.82 Å². The number of benzene rings is 1. The fourth-order valence-corrected chi connectivity index (χ4v) is 5.61. The van der Waals surface area contributed by atoms with E-state index in [1.165, 1.54) is 44.4 Å².